The van der Waals surface area contributed by atoms with E-state index in [2.05, 4.69) is 4.98 Å². The van der Waals surface area contributed by atoms with E-state index in [4.69, 9.17) is 4.74 Å². The molecule has 0 radical (unpaired) electrons. The number of benzene rings is 2. The van der Waals surface area contributed by atoms with E-state index in [-0.39, 0.29) is 0 Å². The number of hydrogen-bond acceptors (Lipinski definition) is 4. The highest BCUT2D eigenvalue weighted by Gasteiger charge is 2.06. The van der Waals surface area contributed by atoms with E-state index in [0.29, 0.717) is 17.9 Å². The fourth-order valence-electron chi connectivity index (χ4n) is 1.95. The molecule has 0 N–H and O–H groups in total. The highest BCUT2D eigenvalue weighted by molar-refractivity contribution is 7.13. The van der Waals surface area contributed by atoms with Gasteiger partial charge in [0.25, 0.3) is 0 Å². The van der Waals surface area contributed by atoms with Crippen molar-refractivity contribution >= 4 is 17.6 Å². The Morgan fingerprint density at radius 1 is 1.05 bits per heavy atom. The largest absolute Gasteiger partial charge is 0.487 e. The zero-order valence-corrected chi connectivity index (χ0v) is 12.0. The third-order valence-electron chi connectivity index (χ3n) is 2.99. The molecule has 3 rings (SSSR count). The van der Waals surface area contributed by atoms with E-state index >= 15 is 0 Å². The lowest BCUT2D eigenvalue weighted by Gasteiger charge is -2.06. The molecule has 21 heavy (non-hydrogen) atoms. The molecule has 1 heterocycles. The summed E-state index contributed by atoms with van der Waals surface area (Å²) >= 11 is 1.59. The summed E-state index contributed by atoms with van der Waals surface area (Å²) in [5, 5.41) is 2.95. The Morgan fingerprint density at radius 2 is 1.81 bits per heavy atom. The predicted molar refractivity (Wildman–Crippen MR) is 83.7 cm³/mol. The Morgan fingerprint density at radius 3 is 2.62 bits per heavy atom. The summed E-state index contributed by atoms with van der Waals surface area (Å²) < 4.78 is 5.68. The van der Waals surface area contributed by atoms with Gasteiger partial charge in [0.15, 0.2) is 6.29 Å². The molecule has 3 aromatic rings. The lowest BCUT2D eigenvalue weighted by Crippen LogP contribution is -1.98. The number of thiazole rings is 1. The molecule has 2 aromatic carbocycles. The number of ether oxygens (including phenoxy) is 1. The van der Waals surface area contributed by atoms with Gasteiger partial charge in [-0.15, -0.1) is 11.3 Å². The third-order valence-corrected chi connectivity index (χ3v) is 3.93. The predicted octanol–water partition coefficient (Wildman–Crippen LogP) is 4.20. The number of aromatic nitrogens is 1. The summed E-state index contributed by atoms with van der Waals surface area (Å²) in [6.07, 6.45) is 0.797. The second kappa shape index (κ2) is 6.33. The van der Waals surface area contributed by atoms with Gasteiger partial charge in [-0.05, 0) is 12.1 Å². The normalized spacial score (nSPS) is 10.3. The molecule has 0 saturated heterocycles. The van der Waals surface area contributed by atoms with Gasteiger partial charge in [-0.2, -0.15) is 0 Å². The monoisotopic (exact) mass is 295 g/mol. The maximum atomic E-state index is 10.9. The number of carbonyl (C=O) groups excluding carboxylic acids is 1. The Hall–Kier alpha value is -2.46. The molecule has 0 aliphatic heterocycles. The topological polar surface area (TPSA) is 39.2 Å². The number of rotatable bonds is 5. The van der Waals surface area contributed by atoms with Crippen LogP contribution in [0.3, 0.4) is 0 Å². The molecule has 104 valence electrons. The molecule has 1 aromatic heterocycles. The van der Waals surface area contributed by atoms with Crippen LogP contribution in [0.25, 0.3) is 10.6 Å². The van der Waals surface area contributed by atoms with Crippen molar-refractivity contribution in [3.63, 3.8) is 0 Å². The number of para-hydroxylation sites is 1. The molecule has 0 aliphatic carbocycles. The molecule has 4 heteroatoms. The quantitative estimate of drug-likeness (QED) is 0.662. The van der Waals surface area contributed by atoms with Crippen molar-refractivity contribution in [2.75, 3.05) is 0 Å². The first kappa shape index (κ1) is 13.5. The Bertz CT molecular complexity index is 737. The molecule has 3 nitrogen and oxygen atoms in total. The second-order valence-electron chi connectivity index (χ2n) is 4.45. The van der Waals surface area contributed by atoms with Crippen LogP contribution in [0.4, 0.5) is 0 Å². The summed E-state index contributed by atoms with van der Waals surface area (Å²) in [5.74, 6) is 0.585. The van der Waals surface area contributed by atoms with E-state index < -0.39 is 0 Å². The Balaban J connectivity index is 1.72. The van der Waals surface area contributed by atoms with Crippen molar-refractivity contribution in [1.29, 1.82) is 0 Å². The van der Waals surface area contributed by atoms with Crippen LogP contribution in [0.5, 0.6) is 5.75 Å². The van der Waals surface area contributed by atoms with Crippen molar-refractivity contribution in [3.05, 3.63) is 71.2 Å². The van der Waals surface area contributed by atoms with Gasteiger partial charge in [-0.1, -0.05) is 42.5 Å². The van der Waals surface area contributed by atoms with Gasteiger partial charge in [-0.25, -0.2) is 4.98 Å². The minimum atomic E-state index is 0.355. The van der Waals surface area contributed by atoms with Gasteiger partial charge in [0.1, 0.15) is 17.4 Å². The molecule has 0 unspecified atom stereocenters. The zero-order valence-electron chi connectivity index (χ0n) is 11.2. The van der Waals surface area contributed by atoms with Crippen LogP contribution < -0.4 is 4.74 Å². The number of aldehydes is 1. The first-order chi connectivity index (χ1) is 10.4. The van der Waals surface area contributed by atoms with E-state index in [1.807, 2.05) is 47.8 Å². The average molecular weight is 295 g/mol. The highest BCUT2D eigenvalue weighted by Crippen LogP contribution is 2.24. The van der Waals surface area contributed by atoms with Crippen molar-refractivity contribution in [1.82, 2.24) is 4.98 Å². The van der Waals surface area contributed by atoms with Crippen molar-refractivity contribution < 1.29 is 9.53 Å². The minimum Gasteiger partial charge on any atom is -0.487 e. The molecular weight excluding hydrogens is 282 g/mol. The van der Waals surface area contributed by atoms with E-state index in [9.17, 15) is 4.79 Å². The molecule has 0 saturated carbocycles. The molecule has 0 fully saturated rings. The molecular formula is C17H13NO2S. The van der Waals surface area contributed by atoms with E-state index in [0.717, 1.165) is 22.6 Å². The molecule has 0 amide bonds. The summed E-state index contributed by atoms with van der Waals surface area (Å²) in [6, 6.07) is 17.2. The van der Waals surface area contributed by atoms with Crippen LogP contribution >= 0.6 is 11.3 Å². The summed E-state index contributed by atoms with van der Waals surface area (Å²) in [4.78, 5) is 15.5. The Labute approximate surface area is 126 Å². The fraction of sp³-hybridized carbons (Fsp3) is 0.0588. The number of carbonyl (C=O) groups is 1. The first-order valence-corrected chi connectivity index (χ1v) is 7.41. The molecule has 0 bridgehead atoms. The van der Waals surface area contributed by atoms with Crippen LogP contribution in [-0.4, -0.2) is 11.3 Å². The van der Waals surface area contributed by atoms with Crippen molar-refractivity contribution in [3.8, 4) is 16.3 Å². The maximum Gasteiger partial charge on any atom is 0.153 e. The van der Waals surface area contributed by atoms with Gasteiger partial charge in [-0.3, -0.25) is 4.79 Å². The standard InChI is InChI=1S/C17H13NO2S/c19-10-14-8-4-5-9-16(14)20-11-15-12-21-17(18-15)13-6-2-1-3-7-13/h1-10,12H,11H2. The maximum absolute atomic E-state index is 10.9. The Kier molecular flexibility index (Phi) is 4.07. The van der Waals surface area contributed by atoms with Crippen LogP contribution in [0, 0.1) is 0 Å². The minimum absolute atomic E-state index is 0.355. The van der Waals surface area contributed by atoms with Gasteiger partial charge >= 0.3 is 0 Å². The van der Waals surface area contributed by atoms with E-state index in [1.165, 1.54) is 0 Å². The number of hydrogen-bond donors (Lipinski definition) is 0. The lowest BCUT2D eigenvalue weighted by atomic mass is 10.2. The molecule has 0 atom stereocenters. The van der Waals surface area contributed by atoms with Gasteiger partial charge in [0, 0.05) is 10.9 Å². The highest BCUT2D eigenvalue weighted by atomic mass is 32.1. The smallest absolute Gasteiger partial charge is 0.153 e. The summed E-state index contributed by atoms with van der Waals surface area (Å²) in [6.45, 7) is 0.355. The average Bonchev–Trinajstić information content (AvgIpc) is 3.03. The lowest BCUT2D eigenvalue weighted by molar-refractivity contribution is 0.111. The van der Waals surface area contributed by atoms with Gasteiger partial charge in [0.2, 0.25) is 0 Å². The van der Waals surface area contributed by atoms with Crippen LogP contribution in [0.2, 0.25) is 0 Å². The molecule has 0 aliphatic rings. The van der Waals surface area contributed by atoms with E-state index in [1.54, 1.807) is 23.5 Å². The number of nitrogens with zero attached hydrogens (tertiary/aromatic N) is 1. The molecule has 0 spiro atoms. The summed E-state index contributed by atoms with van der Waals surface area (Å²) in [7, 11) is 0. The van der Waals surface area contributed by atoms with Crippen molar-refractivity contribution in [2.24, 2.45) is 0 Å². The van der Waals surface area contributed by atoms with Crippen molar-refractivity contribution in [2.45, 2.75) is 6.61 Å². The summed E-state index contributed by atoms with van der Waals surface area (Å²) in [5.41, 5.74) is 2.51. The van der Waals surface area contributed by atoms with Crippen LogP contribution in [0.1, 0.15) is 16.1 Å². The fourth-order valence-corrected chi connectivity index (χ4v) is 2.76. The van der Waals surface area contributed by atoms with Gasteiger partial charge in [0.05, 0.1) is 11.3 Å². The third kappa shape index (κ3) is 3.17. The van der Waals surface area contributed by atoms with Gasteiger partial charge < -0.3 is 4.74 Å². The van der Waals surface area contributed by atoms with Crippen LogP contribution in [-0.2, 0) is 6.61 Å². The second-order valence-corrected chi connectivity index (χ2v) is 5.31. The zero-order chi connectivity index (χ0) is 14.5. The first-order valence-electron chi connectivity index (χ1n) is 6.53. The SMILES string of the molecule is O=Cc1ccccc1OCc1csc(-c2ccccc2)n1. The van der Waals surface area contributed by atoms with Crippen LogP contribution in [0.15, 0.2) is 60.0 Å².